The number of hydrogen-bond donors (Lipinski definition) is 2. The lowest BCUT2D eigenvalue weighted by Crippen LogP contribution is -2.31. The van der Waals surface area contributed by atoms with Crippen LogP contribution >= 0.6 is 11.8 Å². The van der Waals surface area contributed by atoms with Crippen LogP contribution in [0.2, 0.25) is 0 Å². The van der Waals surface area contributed by atoms with E-state index < -0.39 is 11.7 Å². The third kappa shape index (κ3) is 5.83. The first-order valence-corrected chi connectivity index (χ1v) is 10.7. The summed E-state index contributed by atoms with van der Waals surface area (Å²) in [4.78, 5) is 25.5. The summed E-state index contributed by atoms with van der Waals surface area (Å²) in [5, 5.41) is 5.60. The number of carbonyl (C=O) groups excluding carboxylic acids is 2. The van der Waals surface area contributed by atoms with Crippen LogP contribution in [0.1, 0.15) is 42.5 Å². The minimum Gasteiger partial charge on any atom is -0.355 e. The van der Waals surface area contributed by atoms with Gasteiger partial charge in [0, 0.05) is 11.4 Å². The van der Waals surface area contributed by atoms with Crippen molar-refractivity contribution in [2.24, 2.45) is 5.92 Å². The van der Waals surface area contributed by atoms with Crippen molar-refractivity contribution in [3.63, 3.8) is 0 Å². The van der Waals surface area contributed by atoms with Gasteiger partial charge in [-0.2, -0.15) is 0 Å². The van der Waals surface area contributed by atoms with Crippen LogP contribution in [-0.4, -0.2) is 24.1 Å². The summed E-state index contributed by atoms with van der Waals surface area (Å²) in [6.07, 6.45) is 6.17. The van der Waals surface area contributed by atoms with Crippen LogP contribution < -0.4 is 10.6 Å². The van der Waals surface area contributed by atoms with Crippen LogP contribution in [0.25, 0.3) is 0 Å². The molecule has 4 nitrogen and oxygen atoms in total. The van der Waals surface area contributed by atoms with Crippen LogP contribution in [0.5, 0.6) is 0 Å². The summed E-state index contributed by atoms with van der Waals surface area (Å²) >= 11 is 1.32. The molecule has 0 unspecified atom stereocenters. The van der Waals surface area contributed by atoms with E-state index in [-0.39, 0.29) is 17.3 Å². The molecule has 0 spiro atoms. The maximum Gasteiger partial charge on any atom is 0.256 e. The zero-order valence-corrected chi connectivity index (χ0v) is 16.6. The van der Waals surface area contributed by atoms with Crippen molar-refractivity contribution < 1.29 is 14.0 Å². The van der Waals surface area contributed by atoms with E-state index in [1.54, 1.807) is 30.3 Å². The van der Waals surface area contributed by atoms with Gasteiger partial charge >= 0.3 is 0 Å². The van der Waals surface area contributed by atoms with Crippen LogP contribution in [0, 0.1) is 11.7 Å². The van der Waals surface area contributed by atoms with Crippen LogP contribution in [0.4, 0.5) is 10.1 Å². The van der Waals surface area contributed by atoms with E-state index in [0.717, 1.165) is 6.54 Å². The Hall–Kier alpha value is -2.34. The second kappa shape index (κ2) is 10.3. The van der Waals surface area contributed by atoms with Crippen molar-refractivity contribution in [2.75, 3.05) is 17.6 Å². The summed E-state index contributed by atoms with van der Waals surface area (Å²) in [5.74, 6) is -0.0724. The summed E-state index contributed by atoms with van der Waals surface area (Å²) in [6.45, 7) is 0.731. The molecule has 1 fully saturated rings. The van der Waals surface area contributed by atoms with Crippen molar-refractivity contribution in [3.8, 4) is 0 Å². The quantitative estimate of drug-likeness (QED) is 0.652. The monoisotopic (exact) mass is 400 g/mol. The Bertz CT molecular complexity index is 822. The van der Waals surface area contributed by atoms with E-state index in [1.165, 1.54) is 56.0 Å². The van der Waals surface area contributed by atoms with Crippen molar-refractivity contribution in [1.82, 2.24) is 5.32 Å². The molecule has 0 radical (unpaired) electrons. The van der Waals surface area contributed by atoms with Crippen molar-refractivity contribution in [3.05, 3.63) is 59.9 Å². The predicted octanol–water partition coefficient (Wildman–Crippen LogP) is 4.87. The molecule has 0 atom stereocenters. The summed E-state index contributed by atoms with van der Waals surface area (Å²) in [5.41, 5.74) is 0.563. The molecule has 0 aliphatic heterocycles. The Balaban J connectivity index is 1.55. The Morgan fingerprint density at radius 3 is 2.50 bits per heavy atom. The van der Waals surface area contributed by atoms with Gasteiger partial charge in [0.25, 0.3) is 5.91 Å². The highest BCUT2D eigenvalue weighted by atomic mass is 32.2. The number of hydrogen-bond acceptors (Lipinski definition) is 3. The summed E-state index contributed by atoms with van der Waals surface area (Å²) < 4.78 is 13.8. The van der Waals surface area contributed by atoms with Gasteiger partial charge in [0.1, 0.15) is 5.82 Å². The molecule has 1 saturated carbocycles. The Morgan fingerprint density at radius 1 is 1.00 bits per heavy atom. The standard InChI is InChI=1S/C22H25FN2O2S/c23-18-11-5-6-12-19(18)25-22(27)17-10-4-7-13-20(17)28-15-21(26)24-14-16-8-2-1-3-9-16/h4-7,10-13,16H,1-3,8-9,14-15H2,(H,24,26)(H,25,27). The minimum absolute atomic E-state index is 0.0279. The molecule has 2 amide bonds. The smallest absolute Gasteiger partial charge is 0.256 e. The van der Waals surface area contributed by atoms with Gasteiger partial charge in [0.15, 0.2) is 0 Å². The lowest BCUT2D eigenvalue weighted by Gasteiger charge is -2.21. The molecule has 3 rings (SSSR count). The topological polar surface area (TPSA) is 58.2 Å². The predicted molar refractivity (Wildman–Crippen MR) is 111 cm³/mol. The fraction of sp³-hybridized carbons (Fsp3) is 0.364. The fourth-order valence-corrected chi connectivity index (χ4v) is 4.26. The third-order valence-electron chi connectivity index (χ3n) is 4.93. The lowest BCUT2D eigenvalue weighted by atomic mass is 9.89. The molecule has 0 bridgehead atoms. The Kier molecular flexibility index (Phi) is 7.48. The average Bonchev–Trinajstić information content (AvgIpc) is 2.73. The normalized spacial score (nSPS) is 14.5. The lowest BCUT2D eigenvalue weighted by molar-refractivity contribution is -0.118. The number of rotatable bonds is 7. The number of anilines is 1. The molecule has 0 aromatic heterocycles. The van der Waals surface area contributed by atoms with E-state index in [1.807, 2.05) is 6.07 Å². The van der Waals surface area contributed by atoms with Gasteiger partial charge in [0.05, 0.1) is 17.0 Å². The van der Waals surface area contributed by atoms with Crippen molar-refractivity contribution >= 4 is 29.3 Å². The molecule has 1 aliphatic rings. The number of halogens is 1. The van der Waals surface area contributed by atoms with Gasteiger partial charge in [-0.05, 0) is 43.0 Å². The third-order valence-corrected chi connectivity index (χ3v) is 6.00. The van der Waals surface area contributed by atoms with Gasteiger partial charge < -0.3 is 10.6 Å². The van der Waals surface area contributed by atoms with Gasteiger partial charge in [0.2, 0.25) is 5.91 Å². The largest absolute Gasteiger partial charge is 0.355 e. The molecule has 0 heterocycles. The zero-order chi connectivity index (χ0) is 19.8. The van der Waals surface area contributed by atoms with Gasteiger partial charge in [-0.3, -0.25) is 9.59 Å². The first-order valence-electron chi connectivity index (χ1n) is 9.68. The van der Waals surface area contributed by atoms with E-state index in [4.69, 9.17) is 0 Å². The number of thioether (sulfide) groups is 1. The van der Waals surface area contributed by atoms with Crippen LogP contribution in [0.15, 0.2) is 53.4 Å². The van der Waals surface area contributed by atoms with E-state index in [0.29, 0.717) is 16.4 Å². The highest BCUT2D eigenvalue weighted by Crippen LogP contribution is 2.25. The molecular formula is C22H25FN2O2S. The number of para-hydroxylation sites is 1. The number of benzene rings is 2. The van der Waals surface area contributed by atoms with E-state index in [9.17, 15) is 14.0 Å². The molecular weight excluding hydrogens is 375 g/mol. The number of carbonyl (C=O) groups is 2. The maximum absolute atomic E-state index is 13.8. The van der Waals surface area contributed by atoms with Crippen molar-refractivity contribution in [1.29, 1.82) is 0 Å². The first-order chi connectivity index (χ1) is 13.6. The SMILES string of the molecule is O=C(CSc1ccccc1C(=O)Nc1ccccc1F)NCC1CCCCC1. The average molecular weight is 401 g/mol. The fourth-order valence-electron chi connectivity index (χ4n) is 3.38. The zero-order valence-electron chi connectivity index (χ0n) is 15.7. The highest BCUT2D eigenvalue weighted by Gasteiger charge is 2.16. The number of nitrogens with one attached hydrogen (secondary N) is 2. The molecule has 0 saturated heterocycles. The first kappa shape index (κ1) is 20.4. The van der Waals surface area contributed by atoms with Crippen LogP contribution in [-0.2, 0) is 4.79 Å². The molecule has 2 aromatic rings. The molecule has 148 valence electrons. The Labute approximate surface area is 169 Å². The van der Waals surface area contributed by atoms with Gasteiger partial charge in [-0.15, -0.1) is 11.8 Å². The maximum atomic E-state index is 13.8. The Morgan fingerprint density at radius 2 is 1.71 bits per heavy atom. The van der Waals surface area contributed by atoms with E-state index >= 15 is 0 Å². The minimum atomic E-state index is -0.483. The molecule has 28 heavy (non-hydrogen) atoms. The van der Waals surface area contributed by atoms with E-state index in [2.05, 4.69) is 10.6 Å². The highest BCUT2D eigenvalue weighted by molar-refractivity contribution is 8.00. The van der Waals surface area contributed by atoms with Crippen molar-refractivity contribution in [2.45, 2.75) is 37.0 Å². The van der Waals surface area contributed by atoms with Gasteiger partial charge in [-0.25, -0.2) is 4.39 Å². The molecule has 1 aliphatic carbocycles. The summed E-state index contributed by atoms with van der Waals surface area (Å²) in [7, 11) is 0. The second-order valence-electron chi connectivity index (χ2n) is 7.03. The molecule has 2 aromatic carbocycles. The van der Waals surface area contributed by atoms with Gasteiger partial charge in [-0.1, -0.05) is 43.5 Å². The summed E-state index contributed by atoms with van der Waals surface area (Å²) in [6, 6.07) is 13.1. The molecule has 6 heteroatoms. The molecule has 2 N–H and O–H groups in total. The number of amides is 2. The second-order valence-corrected chi connectivity index (χ2v) is 8.04. The van der Waals surface area contributed by atoms with Crippen LogP contribution in [0.3, 0.4) is 0 Å².